The Kier molecular flexibility index (Phi) is 4.18. The van der Waals surface area contributed by atoms with E-state index in [1.54, 1.807) is 0 Å². The summed E-state index contributed by atoms with van der Waals surface area (Å²) in [6, 6.07) is 5.16. The molecule has 0 saturated carbocycles. The van der Waals surface area contributed by atoms with Crippen LogP contribution in [0, 0.1) is 0 Å². The Balaban J connectivity index is 1.80. The van der Waals surface area contributed by atoms with Gasteiger partial charge in [0, 0.05) is 24.0 Å². The van der Waals surface area contributed by atoms with Gasteiger partial charge in [0.15, 0.2) is 0 Å². The van der Waals surface area contributed by atoms with Crippen LogP contribution < -0.4 is 5.32 Å². The molecule has 1 saturated heterocycles. The van der Waals surface area contributed by atoms with Crippen LogP contribution >= 0.6 is 11.3 Å². The van der Waals surface area contributed by atoms with Gasteiger partial charge < -0.3 is 5.32 Å². The van der Waals surface area contributed by atoms with Crippen LogP contribution in [0.5, 0.6) is 0 Å². The molecule has 0 bridgehead atoms. The van der Waals surface area contributed by atoms with Gasteiger partial charge in [0.1, 0.15) is 0 Å². The minimum atomic E-state index is 0.773. The topological polar surface area (TPSA) is 15.3 Å². The van der Waals surface area contributed by atoms with Crippen molar-refractivity contribution in [3.8, 4) is 0 Å². The average molecular weight is 224 g/mol. The van der Waals surface area contributed by atoms with Crippen molar-refractivity contribution in [3.63, 3.8) is 0 Å². The summed E-state index contributed by atoms with van der Waals surface area (Å²) in [5, 5.41) is 5.61. The Morgan fingerprint density at radius 3 is 3.13 bits per heavy atom. The molecule has 0 radical (unpaired) electrons. The largest absolute Gasteiger partial charge is 0.315 e. The highest BCUT2D eigenvalue weighted by Crippen LogP contribution is 2.13. The molecule has 0 amide bonds. The van der Waals surface area contributed by atoms with Gasteiger partial charge in [0.25, 0.3) is 0 Å². The minimum absolute atomic E-state index is 0.773. The summed E-state index contributed by atoms with van der Waals surface area (Å²) in [5.41, 5.74) is 0. The standard InChI is InChI=1S/C12H20N2S/c1-2-14(11-5-7-13-10-11)8-6-12-4-3-9-15-12/h3-4,9,11,13H,2,5-8,10H2,1H3. The SMILES string of the molecule is CCN(CCc1cccs1)C1CCNC1. The molecule has 1 unspecified atom stereocenters. The lowest BCUT2D eigenvalue weighted by Crippen LogP contribution is -2.38. The highest BCUT2D eigenvalue weighted by molar-refractivity contribution is 7.09. The van der Waals surface area contributed by atoms with E-state index in [0.29, 0.717) is 0 Å². The van der Waals surface area contributed by atoms with Crippen molar-refractivity contribution in [2.45, 2.75) is 25.8 Å². The van der Waals surface area contributed by atoms with Gasteiger partial charge in [-0.05, 0) is 37.4 Å². The van der Waals surface area contributed by atoms with Gasteiger partial charge in [0.05, 0.1) is 0 Å². The number of nitrogens with zero attached hydrogens (tertiary/aromatic N) is 1. The van der Waals surface area contributed by atoms with Crippen LogP contribution in [-0.4, -0.2) is 37.1 Å². The van der Waals surface area contributed by atoms with E-state index in [9.17, 15) is 0 Å². The van der Waals surface area contributed by atoms with E-state index in [-0.39, 0.29) is 0 Å². The molecular weight excluding hydrogens is 204 g/mol. The Bertz CT molecular complexity index is 265. The van der Waals surface area contributed by atoms with Crippen molar-refractivity contribution in [3.05, 3.63) is 22.4 Å². The lowest BCUT2D eigenvalue weighted by atomic mass is 10.2. The van der Waals surface area contributed by atoms with Crippen molar-refractivity contribution in [1.29, 1.82) is 0 Å². The summed E-state index contributed by atoms with van der Waals surface area (Å²) >= 11 is 1.88. The van der Waals surface area contributed by atoms with Gasteiger partial charge in [-0.15, -0.1) is 11.3 Å². The van der Waals surface area contributed by atoms with Gasteiger partial charge in [-0.1, -0.05) is 13.0 Å². The quantitative estimate of drug-likeness (QED) is 0.822. The van der Waals surface area contributed by atoms with Crippen molar-refractivity contribution < 1.29 is 0 Å². The summed E-state index contributed by atoms with van der Waals surface area (Å²) in [5.74, 6) is 0. The first-order valence-electron chi connectivity index (χ1n) is 5.87. The summed E-state index contributed by atoms with van der Waals surface area (Å²) in [6.45, 7) is 7.03. The molecule has 3 heteroatoms. The Labute approximate surface area is 96.3 Å². The van der Waals surface area contributed by atoms with Crippen LogP contribution in [0.3, 0.4) is 0 Å². The summed E-state index contributed by atoms with van der Waals surface area (Å²) in [7, 11) is 0. The minimum Gasteiger partial charge on any atom is -0.315 e. The number of rotatable bonds is 5. The Morgan fingerprint density at radius 1 is 1.60 bits per heavy atom. The molecule has 1 fully saturated rings. The van der Waals surface area contributed by atoms with Gasteiger partial charge in [-0.2, -0.15) is 0 Å². The molecular formula is C12H20N2S. The summed E-state index contributed by atoms with van der Waals surface area (Å²) in [4.78, 5) is 4.12. The fourth-order valence-corrected chi connectivity index (χ4v) is 2.96. The first kappa shape index (κ1) is 11.1. The predicted molar refractivity (Wildman–Crippen MR) is 66.5 cm³/mol. The molecule has 1 aliphatic heterocycles. The molecule has 1 atom stereocenters. The van der Waals surface area contributed by atoms with Gasteiger partial charge in [-0.25, -0.2) is 0 Å². The van der Waals surface area contributed by atoms with E-state index < -0.39 is 0 Å². The molecule has 2 rings (SSSR count). The maximum absolute atomic E-state index is 3.44. The molecule has 1 aromatic heterocycles. The smallest absolute Gasteiger partial charge is 0.0232 e. The average Bonchev–Trinajstić information content (AvgIpc) is 2.90. The van der Waals surface area contributed by atoms with Crippen molar-refractivity contribution in [2.24, 2.45) is 0 Å². The zero-order chi connectivity index (χ0) is 10.5. The van der Waals surface area contributed by atoms with Crippen molar-refractivity contribution in [1.82, 2.24) is 10.2 Å². The van der Waals surface area contributed by atoms with Crippen LogP contribution in [0.4, 0.5) is 0 Å². The van der Waals surface area contributed by atoms with E-state index in [4.69, 9.17) is 0 Å². The maximum Gasteiger partial charge on any atom is 0.0232 e. The third-order valence-corrected chi connectivity index (χ3v) is 4.12. The third-order valence-electron chi connectivity index (χ3n) is 3.18. The Hall–Kier alpha value is -0.380. The molecule has 1 aromatic rings. The summed E-state index contributed by atoms with van der Waals surface area (Å²) in [6.07, 6.45) is 2.53. The zero-order valence-corrected chi connectivity index (χ0v) is 10.2. The number of hydrogen-bond donors (Lipinski definition) is 1. The van der Waals surface area contributed by atoms with Gasteiger partial charge in [0.2, 0.25) is 0 Å². The second-order valence-corrected chi connectivity index (χ2v) is 5.14. The number of thiophene rings is 1. The molecule has 0 aromatic carbocycles. The molecule has 84 valence electrons. The van der Waals surface area contributed by atoms with Gasteiger partial charge >= 0.3 is 0 Å². The van der Waals surface area contributed by atoms with Crippen molar-refractivity contribution in [2.75, 3.05) is 26.2 Å². The van der Waals surface area contributed by atoms with Crippen LogP contribution in [0.15, 0.2) is 17.5 Å². The van der Waals surface area contributed by atoms with Crippen LogP contribution in [0.2, 0.25) is 0 Å². The highest BCUT2D eigenvalue weighted by atomic mass is 32.1. The van der Waals surface area contributed by atoms with Crippen LogP contribution in [0.25, 0.3) is 0 Å². The zero-order valence-electron chi connectivity index (χ0n) is 9.41. The van der Waals surface area contributed by atoms with E-state index in [2.05, 4.69) is 34.7 Å². The monoisotopic (exact) mass is 224 g/mol. The van der Waals surface area contributed by atoms with Gasteiger partial charge in [-0.3, -0.25) is 4.90 Å². The fourth-order valence-electron chi connectivity index (χ4n) is 2.26. The molecule has 2 nitrogen and oxygen atoms in total. The maximum atomic E-state index is 3.44. The third kappa shape index (κ3) is 3.03. The highest BCUT2D eigenvalue weighted by Gasteiger charge is 2.20. The van der Waals surface area contributed by atoms with E-state index in [0.717, 1.165) is 6.04 Å². The van der Waals surface area contributed by atoms with E-state index >= 15 is 0 Å². The summed E-state index contributed by atoms with van der Waals surface area (Å²) < 4.78 is 0. The number of hydrogen-bond acceptors (Lipinski definition) is 3. The second-order valence-electron chi connectivity index (χ2n) is 4.10. The number of likely N-dealkylation sites (N-methyl/N-ethyl adjacent to an activating group) is 1. The molecule has 0 aliphatic carbocycles. The molecule has 2 heterocycles. The molecule has 1 aliphatic rings. The van der Waals surface area contributed by atoms with E-state index in [1.807, 2.05) is 11.3 Å². The molecule has 15 heavy (non-hydrogen) atoms. The Morgan fingerprint density at radius 2 is 2.53 bits per heavy atom. The van der Waals surface area contributed by atoms with E-state index in [1.165, 1.54) is 43.9 Å². The first-order chi connectivity index (χ1) is 7.40. The first-order valence-corrected chi connectivity index (χ1v) is 6.75. The normalized spacial score (nSPS) is 21.3. The molecule has 1 N–H and O–H groups in total. The molecule has 0 spiro atoms. The number of nitrogens with one attached hydrogen (secondary N) is 1. The lowest BCUT2D eigenvalue weighted by Gasteiger charge is -2.26. The predicted octanol–water partition coefficient (Wildman–Crippen LogP) is 1.97. The van der Waals surface area contributed by atoms with Crippen LogP contribution in [-0.2, 0) is 6.42 Å². The second kappa shape index (κ2) is 5.64. The fraction of sp³-hybridized carbons (Fsp3) is 0.667. The van der Waals surface area contributed by atoms with Crippen LogP contribution in [0.1, 0.15) is 18.2 Å². The lowest BCUT2D eigenvalue weighted by molar-refractivity contribution is 0.222. The van der Waals surface area contributed by atoms with Crippen molar-refractivity contribution >= 4 is 11.3 Å².